The zero-order valence-corrected chi connectivity index (χ0v) is 11.5. The molecule has 120 valence electrons. The van der Waals surface area contributed by atoms with Crippen LogP contribution >= 0.6 is 0 Å². The summed E-state index contributed by atoms with van der Waals surface area (Å²) in [6.45, 7) is 0. The molecule has 0 spiro atoms. The number of nitrogen functional groups attached to an aromatic ring is 1. The lowest BCUT2D eigenvalue weighted by Gasteiger charge is -1.98. The van der Waals surface area contributed by atoms with Gasteiger partial charge in [-0.15, -0.1) is 0 Å². The van der Waals surface area contributed by atoms with Crippen LogP contribution in [0.4, 0.5) is 11.4 Å². The van der Waals surface area contributed by atoms with Gasteiger partial charge in [0.2, 0.25) is 0 Å². The summed E-state index contributed by atoms with van der Waals surface area (Å²) in [4.78, 5) is 9.29. The van der Waals surface area contributed by atoms with Gasteiger partial charge in [-0.1, -0.05) is 12.1 Å². The first kappa shape index (κ1) is 18.8. The molecule has 22 heavy (non-hydrogen) atoms. The zero-order chi connectivity index (χ0) is 17.3. The van der Waals surface area contributed by atoms with Crippen LogP contribution < -0.4 is 5.73 Å². The van der Waals surface area contributed by atoms with E-state index in [2.05, 4.69) is 0 Å². The lowest BCUT2D eigenvalue weighted by molar-refractivity contribution is -0.386. The Morgan fingerprint density at radius 3 is 1.41 bits per heavy atom. The quantitative estimate of drug-likeness (QED) is 0.198. The molecule has 9 nitrogen and oxygen atoms in total. The lowest BCUT2D eigenvalue weighted by Crippen LogP contribution is -1.88. The van der Waals surface area contributed by atoms with Gasteiger partial charge in [0.05, 0.1) is 4.92 Å². The molecule has 2 aromatic carbocycles. The fourth-order valence-electron chi connectivity index (χ4n) is 1.25. The number of phenolic OH excluding ortho intramolecular Hbond substituents is 4. The number of nitrogens with zero attached hydrogens (tertiary/aromatic N) is 1. The molecule has 0 aliphatic carbocycles. The number of benzene rings is 2. The van der Waals surface area contributed by atoms with Crippen molar-refractivity contribution in [2.24, 2.45) is 0 Å². The topological polar surface area (TPSA) is 170 Å². The van der Waals surface area contributed by atoms with E-state index in [1.54, 1.807) is 0 Å². The van der Waals surface area contributed by atoms with Gasteiger partial charge >= 0.3 is 5.69 Å². The molecular weight excluding hydrogens is 296 g/mol. The largest absolute Gasteiger partial charge is 0.506 e. The van der Waals surface area contributed by atoms with Crippen molar-refractivity contribution >= 4 is 11.4 Å². The molecule has 0 radical (unpaired) electrons. The van der Waals surface area contributed by atoms with Crippen LogP contribution in [0.15, 0.2) is 36.4 Å². The first-order chi connectivity index (χ1) is 10.3. The van der Waals surface area contributed by atoms with Gasteiger partial charge < -0.3 is 31.3 Å². The van der Waals surface area contributed by atoms with E-state index in [1.807, 2.05) is 0 Å². The number of nitro groups is 1. The number of nitro benzene ring substituents is 1. The minimum absolute atomic E-state index is 0.0255. The molecule has 2 rings (SSSR count). The maximum atomic E-state index is 10.1. The van der Waals surface area contributed by atoms with Crippen LogP contribution in [-0.2, 0) is 0 Å². The minimum atomic E-state index is -0.843. The highest BCUT2D eigenvalue weighted by Gasteiger charge is 2.17. The molecule has 0 aromatic heterocycles. The molecule has 0 amide bonds. The van der Waals surface area contributed by atoms with Gasteiger partial charge in [0, 0.05) is 7.11 Å². The Hall–Kier alpha value is -3.20. The van der Waals surface area contributed by atoms with Crippen LogP contribution in [0.1, 0.15) is 0 Å². The molecule has 0 fully saturated rings. The highest BCUT2D eigenvalue weighted by molar-refractivity contribution is 5.60. The molecule has 0 unspecified atom stereocenters. The molecule has 0 heterocycles. The Bertz CT molecular complexity index is 591. The number of anilines is 1. The SMILES string of the molecule is CO.Nc1c(O)cccc1O.O=[N+]([O-])c1c(O)cccc1O. The Labute approximate surface area is 125 Å². The lowest BCUT2D eigenvalue weighted by atomic mass is 10.3. The Kier molecular flexibility index (Phi) is 7.58. The average molecular weight is 312 g/mol. The Morgan fingerprint density at radius 1 is 0.864 bits per heavy atom. The molecular formula is C13H16N2O7. The molecule has 0 atom stereocenters. The Morgan fingerprint density at radius 2 is 1.18 bits per heavy atom. The summed E-state index contributed by atoms with van der Waals surface area (Å²) >= 11 is 0. The first-order valence-corrected chi connectivity index (χ1v) is 5.71. The van der Waals surface area contributed by atoms with Gasteiger partial charge in [-0.05, 0) is 24.3 Å². The van der Waals surface area contributed by atoms with Gasteiger partial charge in [-0.25, -0.2) is 0 Å². The second kappa shape index (κ2) is 8.87. The van der Waals surface area contributed by atoms with E-state index in [9.17, 15) is 10.1 Å². The van der Waals surface area contributed by atoms with Crippen molar-refractivity contribution in [3.05, 3.63) is 46.5 Å². The monoisotopic (exact) mass is 312 g/mol. The van der Waals surface area contributed by atoms with Gasteiger partial charge in [-0.3, -0.25) is 10.1 Å². The van der Waals surface area contributed by atoms with Gasteiger partial charge in [0.15, 0.2) is 11.5 Å². The van der Waals surface area contributed by atoms with Crippen molar-refractivity contribution < 1.29 is 30.5 Å². The Balaban J connectivity index is 0.000000366. The maximum Gasteiger partial charge on any atom is 0.351 e. The molecule has 0 saturated heterocycles. The number of para-hydroxylation sites is 2. The van der Waals surface area contributed by atoms with Crippen molar-refractivity contribution in [1.82, 2.24) is 0 Å². The highest BCUT2D eigenvalue weighted by Crippen LogP contribution is 2.33. The van der Waals surface area contributed by atoms with E-state index in [1.165, 1.54) is 24.3 Å². The van der Waals surface area contributed by atoms with E-state index >= 15 is 0 Å². The van der Waals surface area contributed by atoms with Crippen molar-refractivity contribution in [3.8, 4) is 23.0 Å². The third kappa shape index (κ3) is 5.06. The van der Waals surface area contributed by atoms with Gasteiger partial charge in [0.1, 0.15) is 17.2 Å². The van der Waals surface area contributed by atoms with Crippen molar-refractivity contribution in [1.29, 1.82) is 0 Å². The number of hydrogen-bond acceptors (Lipinski definition) is 8. The predicted octanol–water partition coefficient (Wildman–Crippen LogP) is 1.29. The van der Waals surface area contributed by atoms with Crippen molar-refractivity contribution in [3.63, 3.8) is 0 Å². The predicted molar refractivity (Wildman–Crippen MR) is 78.8 cm³/mol. The number of aromatic hydroxyl groups is 4. The zero-order valence-electron chi connectivity index (χ0n) is 11.5. The van der Waals surface area contributed by atoms with Crippen LogP contribution in [0, 0.1) is 10.1 Å². The summed E-state index contributed by atoms with van der Waals surface area (Å²) in [7, 11) is 1.00. The van der Waals surface area contributed by atoms with Crippen LogP contribution in [0.3, 0.4) is 0 Å². The number of aliphatic hydroxyl groups is 1. The number of hydrogen-bond donors (Lipinski definition) is 6. The molecule has 0 bridgehead atoms. The number of aliphatic hydroxyl groups excluding tert-OH is 1. The molecule has 2 aromatic rings. The summed E-state index contributed by atoms with van der Waals surface area (Å²) in [5.74, 6) is -1.24. The maximum absolute atomic E-state index is 10.1. The fraction of sp³-hybridized carbons (Fsp3) is 0.0769. The van der Waals surface area contributed by atoms with E-state index in [0.29, 0.717) is 0 Å². The summed E-state index contributed by atoms with van der Waals surface area (Å²) < 4.78 is 0. The summed E-state index contributed by atoms with van der Waals surface area (Å²) in [5, 5.41) is 52.5. The fourth-order valence-corrected chi connectivity index (χ4v) is 1.25. The summed E-state index contributed by atoms with van der Waals surface area (Å²) in [5.41, 5.74) is 4.55. The second-order valence-electron chi connectivity index (χ2n) is 3.61. The number of phenols is 4. The third-order valence-corrected chi connectivity index (χ3v) is 2.24. The van der Waals surface area contributed by atoms with E-state index in [4.69, 9.17) is 31.3 Å². The van der Waals surface area contributed by atoms with Crippen molar-refractivity contribution in [2.75, 3.05) is 12.8 Å². The molecule has 7 N–H and O–H groups in total. The molecule has 9 heteroatoms. The summed E-state index contributed by atoms with van der Waals surface area (Å²) in [6, 6.07) is 7.93. The van der Waals surface area contributed by atoms with E-state index < -0.39 is 22.1 Å². The van der Waals surface area contributed by atoms with Crippen LogP contribution in [0.25, 0.3) is 0 Å². The van der Waals surface area contributed by atoms with Crippen molar-refractivity contribution in [2.45, 2.75) is 0 Å². The molecule has 0 aliphatic rings. The van der Waals surface area contributed by atoms with Crippen LogP contribution in [0.5, 0.6) is 23.0 Å². The third-order valence-electron chi connectivity index (χ3n) is 2.24. The molecule has 0 aliphatic heterocycles. The van der Waals surface area contributed by atoms with E-state index in [-0.39, 0.29) is 17.2 Å². The smallest absolute Gasteiger partial charge is 0.351 e. The van der Waals surface area contributed by atoms with Gasteiger partial charge in [-0.2, -0.15) is 0 Å². The van der Waals surface area contributed by atoms with Crippen LogP contribution in [0.2, 0.25) is 0 Å². The minimum Gasteiger partial charge on any atom is -0.506 e. The summed E-state index contributed by atoms with van der Waals surface area (Å²) in [6.07, 6.45) is 0. The van der Waals surface area contributed by atoms with Gasteiger partial charge in [0.25, 0.3) is 0 Å². The second-order valence-corrected chi connectivity index (χ2v) is 3.61. The normalized spacial score (nSPS) is 8.82. The highest BCUT2D eigenvalue weighted by atomic mass is 16.6. The standard InChI is InChI=1S/C6H5NO4.C6H7NO2.CH4O/c8-4-2-1-3-5(9)6(4)7(10)11;7-6-4(8)2-1-3-5(6)9;1-2/h1-3,8-9H;1-3,8-9H,7H2;2H,1H3. The molecule has 0 saturated carbocycles. The van der Waals surface area contributed by atoms with Crippen LogP contribution in [-0.4, -0.2) is 37.6 Å². The number of rotatable bonds is 1. The first-order valence-electron chi connectivity index (χ1n) is 5.71. The van der Waals surface area contributed by atoms with E-state index in [0.717, 1.165) is 19.2 Å². The number of nitrogens with two attached hydrogens (primary N) is 1. The average Bonchev–Trinajstić information content (AvgIpc) is 2.47.